The van der Waals surface area contributed by atoms with E-state index in [0.717, 1.165) is 25.1 Å². The van der Waals surface area contributed by atoms with Crippen LogP contribution in [0.4, 0.5) is 5.69 Å². The Morgan fingerprint density at radius 3 is 2.81 bits per heavy atom. The van der Waals surface area contributed by atoms with Gasteiger partial charge in [-0.1, -0.05) is 24.6 Å². The molecule has 112 valence electrons. The lowest BCUT2D eigenvalue weighted by molar-refractivity contribution is -0.118. The minimum Gasteiger partial charge on any atom is -0.314 e. The molecule has 1 amide bonds. The molecule has 0 bridgehead atoms. The Hall–Kier alpha value is -1.86. The zero-order valence-corrected chi connectivity index (χ0v) is 12.4. The second-order valence-corrected chi connectivity index (χ2v) is 5.47. The summed E-state index contributed by atoms with van der Waals surface area (Å²) in [5.41, 5.74) is 0.884. The predicted molar refractivity (Wildman–Crippen MR) is 83.9 cm³/mol. The largest absolute Gasteiger partial charge is 0.314 e. The van der Waals surface area contributed by atoms with Crippen molar-refractivity contribution in [2.45, 2.75) is 44.6 Å². The maximum atomic E-state index is 12.5. The molecule has 1 saturated heterocycles. The van der Waals surface area contributed by atoms with Gasteiger partial charge in [-0.05, 0) is 37.9 Å². The lowest BCUT2D eigenvalue weighted by Crippen LogP contribution is -2.37. The molecule has 1 N–H and O–H groups in total. The van der Waals surface area contributed by atoms with Gasteiger partial charge >= 0.3 is 0 Å². The first-order valence-corrected chi connectivity index (χ1v) is 7.77. The Kier molecular flexibility index (Phi) is 6.23. The number of carbonyl (C=O) groups is 1. The van der Waals surface area contributed by atoms with E-state index in [9.17, 15) is 4.79 Å². The SMILES string of the molecule is N#CCCN(C(=O)CCC1CCCCN1)c1ccccc1. The van der Waals surface area contributed by atoms with E-state index in [4.69, 9.17) is 5.26 Å². The summed E-state index contributed by atoms with van der Waals surface area (Å²) in [7, 11) is 0. The summed E-state index contributed by atoms with van der Waals surface area (Å²) in [5.74, 6) is 0.115. The van der Waals surface area contributed by atoms with Gasteiger partial charge in [-0.25, -0.2) is 0 Å². The van der Waals surface area contributed by atoms with Gasteiger partial charge in [-0.15, -0.1) is 0 Å². The van der Waals surface area contributed by atoms with Crippen molar-refractivity contribution in [2.24, 2.45) is 0 Å². The highest BCUT2D eigenvalue weighted by Gasteiger charge is 2.18. The molecule has 1 aliphatic rings. The fourth-order valence-electron chi connectivity index (χ4n) is 2.77. The van der Waals surface area contributed by atoms with E-state index in [2.05, 4.69) is 11.4 Å². The first-order chi connectivity index (χ1) is 10.3. The molecular weight excluding hydrogens is 262 g/mol. The average Bonchev–Trinajstić information content (AvgIpc) is 2.55. The van der Waals surface area contributed by atoms with Gasteiger partial charge in [0.05, 0.1) is 12.5 Å². The normalized spacial score (nSPS) is 18.0. The molecular formula is C17H23N3O. The third kappa shape index (κ3) is 4.87. The minimum absolute atomic E-state index is 0.115. The van der Waals surface area contributed by atoms with Crippen LogP contribution in [0.5, 0.6) is 0 Å². The molecule has 0 spiro atoms. The smallest absolute Gasteiger partial charge is 0.227 e. The average molecular weight is 285 g/mol. The van der Waals surface area contributed by atoms with Crippen molar-refractivity contribution in [1.82, 2.24) is 5.32 Å². The van der Waals surface area contributed by atoms with Crippen molar-refractivity contribution in [3.05, 3.63) is 30.3 Å². The Balaban J connectivity index is 1.92. The molecule has 0 saturated carbocycles. The monoisotopic (exact) mass is 285 g/mol. The quantitative estimate of drug-likeness (QED) is 0.874. The van der Waals surface area contributed by atoms with Crippen LogP contribution < -0.4 is 10.2 Å². The van der Waals surface area contributed by atoms with Crippen molar-refractivity contribution >= 4 is 11.6 Å². The van der Waals surface area contributed by atoms with Gasteiger partial charge in [0.15, 0.2) is 0 Å². The third-order valence-electron chi connectivity index (χ3n) is 3.94. The van der Waals surface area contributed by atoms with Gasteiger partial charge in [0.25, 0.3) is 0 Å². The molecule has 1 atom stereocenters. The van der Waals surface area contributed by atoms with E-state index >= 15 is 0 Å². The van der Waals surface area contributed by atoms with E-state index in [-0.39, 0.29) is 5.91 Å². The zero-order chi connectivity index (χ0) is 14.9. The summed E-state index contributed by atoms with van der Waals surface area (Å²) in [6, 6.07) is 12.2. The molecule has 21 heavy (non-hydrogen) atoms. The Morgan fingerprint density at radius 1 is 1.33 bits per heavy atom. The highest BCUT2D eigenvalue weighted by molar-refractivity contribution is 5.93. The third-order valence-corrected chi connectivity index (χ3v) is 3.94. The molecule has 0 aromatic heterocycles. The first kappa shape index (κ1) is 15.5. The minimum atomic E-state index is 0.115. The second kappa shape index (κ2) is 8.43. The summed E-state index contributed by atoms with van der Waals surface area (Å²) in [6.45, 7) is 1.53. The van der Waals surface area contributed by atoms with Crippen molar-refractivity contribution in [3.63, 3.8) is 0 Å². The van der Waals surface area contributed by atoms with Gasteiger partial charge in [0, 0.05) is 24.7 Å². The number of anilines is 1. The molecule has 0 radical (unpaired) electrons. The van der Waals surface area contributed by atoms with Crippen LogP contribution in [-0.2, 0) is 4.79 Å². The molecule has 2 rings (SSSR count). The Bertz CT molecular complexity index is 475. The number of rotatable bonds is 6. The molecule has 1 heterocycles. The number of nitrogens with one attached hydrogen (secondary N) is 1. The molecule has 4 heteroatoms. The highest BCUT2D eigenvalue weighted by Crippen LogP contribution is 2.17. The molecule has 1 unspecified atom stereocenters. The van der Waals surface area contributed by atoms with E-state index in [1.54, 1.807) is 4.90 Å². The summed E-state index contributed by atoms with van der Waals surface area (Å²) >= 11 is 0. The van der Waals surface area contributed by atoms with Gasteiger partial charge in [0.1, 0.15) is 0 Å². The number of amides is 1. The Labute approximate surface area is 126 Å². The van der Waals surface area contributed by atoms with Crippen LogP contribution in [0.25, 0.3) is 0 Å². The summed E-state index contributed by atoms with van der Waals surface area (Å²) in [5, 5.41) is 12.3. The molecule has 1 aromatic carbocycles. The van der Waals surface area contributed by atoms with Gasteiger partial charge in [0.2, 0.25) is 5.91 Å². The van der Waals surface area contributed by atoms with Crippen LogP contribution in [-0.4, -0.2) is 25.0 Å². The number of hydrogen-bond acceptors (Lipinski definition) is 3. The second-order valence-electron chi connectivity index (χ2n) is 5.47. The summed E-state index contributed by atoms with van der Waals surface area (Å²) in [6.07, 6.45) is 5.44. The summed E-state index contributed by atoms with van der Waals surface area (Å²) < 4.78 is 0. The van der Waals surface area contributed by atoms with Crippen LogP contribution in [0.15, 0.2) is 30.3 Å². The van der Waals surface area contributed by atoms with Crippen LogP contribution in [0.3, 0.4) is 0 Å². The highest BCUT2D eigenvalue weighted by atomic mass is 16.2. The first-order valence-electron chi connectivity index (χ1n) is 7.77. The topological polar surface area (TPSA) is 56.1 Å². The molecule has 1 fully saturated rings. The van der Waals surface area contributed by atoms with Crippen molar-refractivity contribution in [1.29, 1.82) is 5.26 Å². The van der Waals surface area contributed by atoms with Gasteiger partial charge < -0.3 is 10.2 Å². The van der Waals surface area contributed by atoms with E-state index < -0.39 is 0 Å². The lowest BCUT2D eigenvalue weighted by Gasteiger charge is -2.26. The van der Waals surface area contributed by atoms with Gasteiger partial charge in [-0.3, -0.25) is 4.79 Å². The molecule has 0 aliphatic carbocycles. The van der Waals surface area contributed by atoms with Crippen LogP contribution >= 0.6 is 0 Å². The van der Waals surface area contributed by atoms with Crippen LogP contribution in [0.1, 0.15) is 38.5 Å². The van der Waals surface area contributed by atoms with Crippen molar-refractivity contribution in [3.8, 4) is 6.07 Å². The maximum absolute atomic E-state index is 12.5. The fraction of sp³-hybridized carbons (Fsp3) is 0.529. The van der Waals surface area contributed by atoms with E-state index in [1.165, 1.54) is 12.8 Å². The van der Waals surface area contributed by atoms with Crippen molar-refractivity contribution in [2.75, 3.05) is 18.0 Å². The lowest BCUT2D eigenvalue weighted by atomic mass is 10.00. The van der Waals surface area contributed by atoms with E-state index in [0.29, 0.717) is 25.4 Å². The molecule has 1 aromatic rings. The zero-order valence-electron chi connectivity index (χ0n) is 12.4. The number of hydrogen-bond donors (Lipinski definition) is 1. The Morgan fingerprint density at radius 2 is 2.14 bits per heavy atom. The number of nitriles is 1. The summed E-state index contributed by atoms with van der Waals surface area (Å²) in [4.78, 5) is 14.2. The molecule has 4 nitrogen and oxygen atoms in total. The number of benzene rings is 1. The van der Waals surface area contributed by atoms with Crippen molar-refractivity contribution < 1.29 is 4.79 Å². The predicted octanol–water partition coefficient (Wildman–Crippen LogP) is 2.86. The molecule has 1 aliphatic heterocycles. The van der Waals surface area contributed by atoms with Crippen LogP contribution in [0, 0.1) is 11.3 Å². The number of para-hydroxylation sites is 1. The maximum Gasteiger partial charge on any atom is 0.227 e. The van der Waals surface area contributed by atoms with Gasteiger partial charge in [-0.2, -0.15) is 5.26 Å². The van der Waals surface area contributed by atoms with E-state index in [1.807, 2.05) is 30.3 Å². The standard InChI is InChI=1S/C17H23N3O/c18-12-6-14-20(16-8-2-1-3-9-16)17(21)11-10-15-7-4-5-13-19-15/h1-3,8-9,15,19H,4-7,10-11,13-14H2. The number of nitrogens with zero attached hydrogens (tertiary/aromatic N) is 2. The van der Waals surface area contributed by atoms with Crippen LogP contribution in [0.2, 0.25) is 0 Å². The number of carbonyl (C=O) groups excluding carboxylic acids is 1. The number of piperidine rings is 1. The fourth-order valence-corrected chi connectivity index (χ4v) is 2.77.